The molecule has 1 atom stereocenters. The Balaban J connectivity index is 1.14. The van der Waals surface area contributed by atoms with E-state index in [1.165, 1.54) is 71.7 Å². The second-order valence-electron chi connectivity index (χ2n) is 15.6. The summed E-state index contributed by atoms with van der Waals surface area (Å²) < 4.78 is 0. The number of anilines is 6. The molecule has 0 aliphatic heterocycles. The minimum absolute atomic E-state index is 0.545. The predicted octanol–water partition coefficient (Wildman–Crippen LogP) is 15.3. The van der Waals surface area contributed by atoms with Crippen molar-refractivity contribution in [3.8, 4) is 22.3 Å². The zero-order valence-electron chi connectivity index (χ0n) is 32.3. The van der Waals surface area contributed by atoms with Crippen LogP contribution in [0.1, 0.15) is 22.3 Å². The van der Waals surface area contributed by atoms with Gasteiger partial charge in [0.2, 0.25) is 0 Å². The number of nitrogens with zero attached hydrogens (tertiary/aromatic N) is 2. The van der Waals surface area contributed by atoms with Crippen LogP contribution >= 0.6 is 0 Å². The van der Waals surface area contributed by atoms with E-state index in [-0.39, 0.29) is 0 Å². The highest BCUT2D eigenvalue weighted by Crippen LogP contribution is 2.65. The number of hydrogen-bond donors (Lipinski definition) is 0. The Kier molecular flexibility index (Phi) is 7.48. The molecule has 0 saturated carbocycles. The van der Waals surface area contributed by atoms with Gasteiger partial charge in [-0.2, -0.15) is 0 Å². The van der Waals surface area contributed by atoms with Crippen LogP contribution in [0.3, 0.4) is 0 Å². The van der Waals surface area contributed by atoms with Crippen molar-refractivity contribution >= 4 is 55.7 Å². The van der Waals surface area contributed by atoms with Crippen molar-refractivity contribution in [2.24, 2.45) is 0 Å². The average molecular weight is 751 g/mol. The Morgan fingerprint density at radius 3 is 1.59 bits per heavy atom. The van der Waals surface area contributed by atoms with Gasteiger partial charge in [0.25, 0.3) is 0 Å². The number of fused-ring (bicyclic) bond motifs is 12. The molecule has 2 nitrogen and oxygen atoms in total. The highest BCUT2D eigenvalue weighted by molar-refractivity contribution is 6.05. The van der Waals surface area contributed by atoms with Gasteiger partial charge < -0.3 is 9.80 Å². The van der Waals surface area contributed by atoms with E-state index in [2.05, 4.69) is 240 Å². The Labute approximate surface area is 344 Å². The summed E-state index contributed by atoms with van der Waals surface area (Å²) in [6, 6.07) is 84.9. The summed E-state index contributed by atoms with van der Waals surface area (Å²) >= 11 is 0. The molecule has 10 aromatic carbocycles. The number of para-hydroxylation sites is 2. The zero-order chi connectivity index (χ0) is 38.9. The van der Waals surface area contributed by atoms with Crippen LogP contribution in [0.25, 0.3) is 43.8 Å². The Morgan fingerprint density at radius 2 is 0.797 bits per heavy atom. The summed E-state index contributed by atoms with van der Waals surface area (Å²) in [7, 11) is 0. The quantitative estimate of drug-likeness (QED) is 0.167. The van der Waals surface area contributed by atoms with Gasteiger partial charge in [-0.15, -0.1) is 0 Å². The fourth-order valence-corrected chi connectivity index (χ4v) is 10.2. The minimum Gasteiger partial charge on any atom is -0.310 e. The van der Waals surface area contributed by atoms with Crippen molar-refractivity contribution in [2.75, 3.05) is 9.80 Å². The maximum absolute atomic E-state index is 2.48. The van der Waals surface area contributed by atoms with Crippen molar-refractivity contribution < 1.29 is 0 Å². The molecule has 0 radical (unpaired) electrons. The van der Waals surface area contributed by atoms with Gasteiger partial charge in [0.15, 0.2) is 0 Å². The molecule has 0 saturated heterocycles. The van der Waals surface area contributed by atoms with Crippen LogP contribution in [0.5, 0.6) is 0 Å². The molecule has 0 N–H and O–H groups in total. The largest absolute Gasteiger partial charge is 0.310 e. The minimum atomic E-state index is -0.545. The summed E-state index contributed by atoms with van der Waals surface area (Å²) in [6.45, 7) is 0. The first-order valence-electron chi connectivity index (χ1n) is 20.4. The second kappa shape index (κ2) is 13.2. The zero-order valence-corrected chi connectivity index (χ0v) is 32.3. The van der Waals surface area contributed by atoms with Crippen LogP contribution in [-0.2, 0) is 5.41 Å². The lowest BCUT2D eigenvalue weighted by Gasteiger charge is -2.33. The van der Waals surface area contributed by atoms with Crippen molar-refractivity contribution in [3.63, 3.8) is 0 Å². The van der Waals surface area contributed by atoms with Crippen molar-refractivity contribution in [1.82, 2.24) is 0 Å². The molecule has 2 heteroatoms. The monoisotopic (exact) mass is 750 g/mol. The van der Waals surface area contributed by atoms with Crippen LogP contribution < -0.4 is 9.80 Å². The first kappa shape index (κ1) is 33.5. The van der Waals surface area contributed by atoms with Crippen LogP contribution in [-0.4, -0.2) is 0 Å². The normalized spacial score (nSPS) is 14.5. The highest BCUT2D eigenvalue weighted by Gasteiger charge is 2.52. The Bertz CT molecular complexity index is 3240. The first-order chi connectivity index (χ1) is 29.3. The number of hydrogen-bond acceptors (Lipinski definition) is 2. The number of benzene rings is 10. The van der Waals surface area contributed by atoms with E-state index in [1.54, 1.807) is 0 Å². The summed E-state index contributed by atoms with van der Waals surface area (Å²) in [5, 5.41) is 4.89. The van der Waals surface area contributed by atoms with E-state index >= 15 is 0 Å². The first-order valence-corrected chi connectivity index (χ1v) is 20.4. The molecule has 1 spiro atoms. The van der Waals surface area contributed by atoms with E-state index < -0.39 is 5.41 Å². The lowest BCUT2D eigenvalue weighted by atomic mass is 9.70. The average Bonchev–Trinajstić information content (AvgIpc) is 3.77. The predicted molar refractivity (Wildman–Crippen MR) is 247 cm³/mol. The third-order valence-electron chi connectivity index (χ3n) is 12.6. The topological polar surface area (TPSA) is 6.48 Å². The molecule has 2 aliphatic rings. The summed E-state index contributed by atoms with van der Waals surface area (Å²) in [5.41, 5.74) is 16.6. The van der Waals surface area contributed by atoms with E-state index in [9.17, 15) is 0 Å². The van der Waals surface area contributed by atoms with Crippen LogP contribution in [0, 0.1) is 0 Å². The summed E-state index contributed by atoms with van der Waals surface area (Å²) in [6.07, 6.45) is 0. The van der Waals surface area contributed by atoms with Crippen LogP contribution in [0.4, 0.5) is 34.1 Å². The molecule has 10 aromatic rings. The highest BCUT2D eigenvalue weighted by atomic mass is 15.2. The third kappa shape index (κ3) is 4.93. The lowest BCUT2D eigenvalue weighted by Crippen LogP contribution is -2.26. The third-order valence-corrected chi connectivity index (χ3v) is 12.6. The van der Waals surface area contributed by atoms with Crippen molar-refractivity contribution in [3.05, 3.63) is 253 Å². The van der Waals surface area contributed by atoms with Gasteiger partial charge in [-0.05, 0) is 116 Å². The number of rotatable bonds is 6. The molecule has 0 bridgehead atoms. The van der Waals surface area contributed by atoms with Gasteiger partial charge in [-0.3, -0.25) is 0 Å². The molecule has 2 aliphatic carbocycles. The summed E-state index contributed by atoms with van der Waals surface area (Å²) in [5.74, 6) is 0. The van der Waals surface area contributed by atoms with Gasteiger partial charge in [0, 0.05) is 33.7 Å². The van der Waals surface area contributed by atoms with Gasteiger partial charge in [-0.25, -0.2) is 0 Å². The van der Waals surface area contributed by atoms with Crippen LogP contribution in [0.2, 0.25) is 0 Å². The molecular formula is C57H38N2. The van der Waals surface area contributed by atoms with Gasteiger partial charge in [-0.1, -0.05) is 170 Å². The van der Waals surface area contributed by atoms with E-state index in [0.29, 0.717) is 0 Å². The van der Waals surface area contributed by atoms with Gasteiger partial charge in [0.05, 0.1) is 16.8 Å². The van der Waals surface area contributed by atoms with Crippen molar-refractivity contribution in [2.45, 2.75) is 5.41 Å². The molecule has 276 valence electrons. The maximum Gasteiger partial charge on any atom is 0.0727 e. The lowest BCUT2D eigenvalue weighted by molar-refractivity contribution is 0.793. The molecular weight excluding hydrogens is 713 g/mol. The molecule has 0 heterocycles. The smallest absolute Gasteiger partial charge is 0.0727 e. The Morgan fingerprint density at radius 1 is 0.271 bits per heavy atom. The molecule has 12 rings (SSSR count). The summed E-state index contributed by atoms with van der Waals surface area (Å²) in [4.78, 5) is 4.89. The molecule has 0 aromatic heterocycles. The second-order valence-corrected chi connectivity index (χ2v) is 15.6. The molecule has 0 fully saturated rings. The van der Waals surface area contributed by atoms with E-state index in [4.69, 9.17) is 0 Å². The molecule has 1 unspecified atom stereocenters. The van der Waals surface area contributed by atoms with E-state index in [1.807, 2.05) is 0 Å². The standard InChI is InChI=1S/C57H38N2/c1-3-21-42(22-4-1)58(44-34-33-39-17-7-8-19-41(39)37-44)45-35-36-48-47-26-11-13-28-50(47)57(53(48)38-45)51-29-14-12-27-49(51)56-52(57)30-16-32-55(56)59(43-23-5-2-6-24-43)54-31-15-20-40-18-9-10-25-46(40)54/h1-38H. The Hall–Kier alpha value is -7.68. The fraction of sp³-hybridized carbons (Fsp3) is 0.0175. The fourth-order valence-electron chi connectivity index (χ4n) is 10.2. The molecule has 59 heavy (non-hydrogen) atoms. The SMILES string of the molecule is c1ccc(N(c2ccc3c(c2)C2(c4ccccc4-3)c3ccccc3-c3c(N(c4ccccc4)c4cccc5ccccc45)cccc32)c2ccc3ccccc3c2)cc1. The maximum atomic E-state index is 2.48. The van der Waals surface area contributed by atoms with Gasteiger partial charge >= 0.3 is 0 Å². The van der Waals surface area contributed by atoms with Gasteiger partial charge in [0.1, 0.15) is 0 Å². The van der Waals surface area contributed by atoms with E-state index in [0.717, 1.165) is 28.4 Å². The van der Waals surface area contributed by atoms with Crippen molar-refractivity contribution in [1.29, 1.82) is 0 Å². The molecule has 0 amide bonds. The van der Waals surface area contributed by atoms with Crippen LogP contribution in [0.15, 0.2) is 231 Å².